The number of hydrogen-bond donors (Lipinski definition) is 0. The van der Waals surface area contributed by atoms with Crippen molar-refractivity contribution in [3.05, 3.63) is 203 Å². The molecule has 2 aliphatic rings. The lowest BCUT2D eigenvalue weighted by Gasteiger charge is -2.28. The second-order valence-electron chi connectivity index (χ2n) is 21.1. The molecule has 10 rings (SSSR count). The van der Waals surface area contributed by atoms with Crippen LogP contribution in [0.2, 0.25) is 0 Å². The second kappa shape index (κ2) is 26.1. The van der Waals surface area contributed by atoms with Crippen molar-refractivity contribution >= 4 is 39.7 Å². The predicted molar refractivity (Wildman–Crippen MR) is 317 cm³/mol. The molecule has 394 valence electrons. The summed E-state index contributed by atoms with van der Waals surface area (Å²) in [5.74, 6) is 2.59. The minimum absolute atomic E-state index is 0.273. The van der Waals surface area contributed by atoms with Crippen LogP contribution in [0.5, 0.6) is 23.0 Å². The first-order chi connectivity index (χ1) is 38.0. The van der Waals surface area contributed by atoms with E-state index in [2.05, 4.69) is 159 Å². The van der Waals surface area contributed by atoms with Gasteiger partial charge in [-0.25, -0.2) is 4.79 Å². The summed E-state index contributed by atoms with van der Waals surface area (Å²) in [5, 5.41) is 4.51. The van der Waals surface area contributed by atoms with Gasteiger partial charge in [-0.05, 0) is 182 Å². The second-order valence-corrected chi connectivity index (χ2v) is 21.1. The number of rotatable bonds is 26. The molecule has 0 radical (unpaired) electrons. The molecule has 0 bridgehead atoms. The Morgan fingerprint density at radius 3 is 1.52 bits per heavy atom. The third-order valence-corrected chi connectivity index (χ3v) is 15.7. The third-order valence-electron chi connectivity index (χ3n) is 15.7. The van der Waals surface area contributed by atoms with Crippen molar-refractivity contribution < 1.29 is 28.8 Å². The first kappa shape index (κ1) is 53.0. The van der Waals surface area contributed by atoms with Crippen LogP contribution in [0, 0.1) is 0 Å². The van der Waals surface area contributed by atoms with E-state index in [1.54, 1.807) is 0 Å². The van der Waals surface area contributed by atoms with Crippen molar-refractivity contribution in [2.24, 2.45) is 0 Å². The molecule has 77 heavy (non-hydrogen) atoms. The number of fused-ring (bicyclic) bond motifs is 6. The first-order valence-electron chi connectivity index (χ1n) is 28.6. The van der Waals surface area contributed by atoms with Crippen LogP contribution in [0.25, 0.3) is 56.0 Å². The summed E-state index contributed by atoms with van der Waals surface area (Å²) in [6.07, 6.45) is 26.0. The highest BCUT2D eigenvalue weighted by Gasteiger charge is 2.47. The lowest BCUT2D eigenvalue weighted by Crippen LogP contribution is -2.21. The monoisotopic (exact) mass is 1020 g/mol. The van der Waals surface area contributed by atoms with Gasteiger partial charge in [-0.3, -0.25) is 0 Å². The highest BCUT2D eigenvalue weighted by atomic mass is 17.2. The normalized spacial score (nSPS) is 14.7. The molecule has 6 nitrogen and oxygen atoms in total. The number of ether oxygens (including phenoxy) is 3. The van der Waals surface area contributed by atoms with E-state index in [0.29, 0.717) is 11.5 Å². The number of carbonyl (C=O) groups excluding carboxylic acids is 1. The van der Waals surface area contributed by atoms with Crippen molar-refractivity contribution in [1.29, 1.82) is 0 Å². The Bertz CT molecular complexity index is 3310. The highest BCUT2D eigenvalue weighted by molar-refractivity contribution is 5.92. The molecule has 2 aliphatic carbocycles. The number of benzene rings is 8. The molecule has 0 amide bonds. The van der Waals surface area contributed by atoms with E-state index >= 15 is 0 Å². The first-order valence-corrected chi connectivity index (χ1v) is 28.6. The minimum Gasteiger partial charge on any atom is -0.494 e. The number of esters is 1. The predicted octanol–water partition coefficient (Wildman–Crippen LogP) is 18.6. The highest BCUT2D eigenvalue weighted by Crippen LogP contribution is 2.57. The van der Waals surface area contributed by atoms with Gasteiger partial charge in [0, 0.05) is 11.5 Å². The van der Waals surface area contributed by atoms with Gasteiger partial charge < -0.3 is 19.1 Å². The summed E-state index contributed by atoms with van der Waals surface area (Å²) in [4.78, 5) is 26.0. The molecule has 1 spiro atoms. The number of unbranched alkanes of at least 4 members (excludes halogenated alkanes) is 10. The lowest BCUT2D eigenvalue weighted by molar-refractivity contribution is -0.195. The molecule has 8 aromatic rings. The maximum atomic E-state index is 13.8. The fraction of sp³-hybridized carbons (Fsp3) is 0.310. The zero-order valence-electron chi connectivity index (χ0n) is 45.2. The van der Waals surface area contributed by atoms with Gasteiger partial charge in [0.25, 0.3) is 0 Å². The van der Waals surface area contributed by atoms with Gasteiger partial charge in [-0.15, -0.1) is 0 Å². The molecule has 0 saturated carbocycles. The van der Waals surface area contributed by atoms with Gasteiger partial charge in [0.05, 0.1) is 13.2 Å². The van der Waals surface area contributed by atoms with Crippen molar-refractivity contribution in [3.8, 4) is 45.3 Å². The quantitative estimate of drug-likeness (QED) is 0.0134. The van der Waals surface area contributed by atoms with E-state index in [1.807, 2.05) is 30.4 Å². The summed E-state index contributed by atoms with van der Waals surface area (Å²) >= 11 is 0. The molecule has 0 N–H and O–H groups in total. The summed E-state index contributed by atoms with van der Waals surface area (Å²) in [6, 6.07) is 54.8. The molecule has 1 unspecified atom stereocenters. The molecule has 8 aromatic carbocycles. The van der Waals surface area contributed by atoms with Crippen LogP contribution in [-0.4, -0.2) is 25.8 Å². The van der Waals surface area contributed by atoms with E-state index in [1.165, 1.54) is 97.9 Å². The fourth-order valence-corrected chi connectivity index (χ4v) is 11.7. The molecule has 1 atom stereocenters. The molecule has 0 heterocycles. The Morgan fingerprint density at radius 2 is 0.961 bits per heavy atom. The van der Waals surface area contributed by atoms with Gasteiger partial charge in [0.2, 0.25) is 0 Å². The molecule has 0 fully saturated rings. The zero-order chi connectivity index (χ0) is 52.7. The van der Waals surface area contributed by atoms with Crippen LogP contribution in [0.1, 0.15) is 137 Å². The Morgan fingerprint density at radius 1 is 0.481 bits per heavy atom. The van der Waals surface area contributed by atoms with Gasteiger partial charge in [0.15, 0.2) is 5.75 Å². The van der Waals surface area contributed by atoms with Crippen LogP contribution in [0.3, 0.4) is 0 Å². The Balaban J connectivity index is 0.840. The number of carbonyl (C=O) groups is 1. The van der Waals surface area contributed by atoms with Gasteiger partial charge in [-0.2, -0.15) is 4.89 Å². The number of hydrogen-bond acceptors (Lipinski definition) is 6. The summed E-state index contributed by atoms with van der Waals surface area (Å²) < 4.78 is 18.5. The van der Waals surface area contributed by atoms with E-state index in [4.69, 9.17) is 24.0 Å². The van der Waals surface area contributed by atoms with Crippen LogP contribution in [-0.2, 0) is 27.9 Å². The average Bonchev–Trinajstić information content (AvgIpc) is 4.19. The van der Waals surface area contributed by atoms with Crippen molar-refractivity contribution in [3.63, 3.8) is 0 Å². The summed E-state index contributed by atoms with van der Waals surface area (Å²) in [7, 11) is 0. The lowest BCUT2D eigenvalue weighted by atomic mass is 9.75. The minimum atomic E-state index is -0.423. The van der Waals surface area contributed by atoms with E-state index < -0.39 is 5.97 Å². The largest absolute Gasteiger partial charge is 0.494 e. The Hall–Kier alpha value is -7.41. The SMILES string of the molecule is CCCCCCCCOc1ccc2cc(/C=C/COOc3cc(-c4ccccc4)c4c(c3)C3(CC4)CCc4c(-c5ccccc5)cc(OC(=O)/C=C/c5ccc6cc(OCCCCCCCC)ccc6c5)cc43)ccc2c1. The Kier molecular flexibility index (Phi) is 18.0. The maximum absolute atomic E-state index is 13.8. The van der Waals surface area contributed by atoms with Crippen LogP contribution >= 0.6 is 0 Å². The summed E-state index contributed by atoms with van der Waals surface area (Å²) in [6.45, 7) is 6.26. The molecule has 0 aliphatic heterocycles. The molecule has 0 aromatic heterocycles. The van der Waals surface area contributed by atoms with Crippen molar-refractivity contribution in [1.82, 2.24) is 0 Å². The van der Waals surface area contributed by atoms with Crippen LogP contribution in [0.4, 0.5) is 0 Å². The maximum Gasteiger partial charge on any atom is 0.336 e. The Labute approximate surface area is 456 Å². The van der Waals surface area contributed by atoms with Gasteiger partial charge in [0.1, 0.15) is 23.9 Å². The van der Waals surface area contributed by atoms with E-state index in [-0.39, 0.29) is 12.0 Å². The zero-order valence-corrected chi connectivity index (χ0v) is 45.2. The van der Waals surface area contributed by atoms with Crippen LogP contribution < -0.4 is 19.1 Å². The standard InChI is InChI=1S/C71H74O6/c1-3-5-7-9-11-19-41-73-60-34-32-56-44-52(27-30-58(56)46-60)22-21-43-75-77-63-49-67(55-25-17-14-18-26-55)65-38-40-71(69(65)51-63)39-37-64-66(54-23-15-13-16-24-54)48-62(50-68(64)71)76-70(72)36-29-53-28-31-59-47-61(35-33-57(59)45-53)74-42-20-12-10-8-6-4-2/h13-18,21-36,44-51H,3-12,19-20,37-43H2,1-2H3/b22-21+,36-29+. The molecule has 0 saturated heterocycles. The fourth-order valence-electron chi connectivity index (χ4n) is 11.7. The molecular weight excluding hydrogens is 949 g/mol. The smallest absolute Gasteiger partial charge is 0.336 e. The summed E-state index contributed by atoms with van der Waals surface area (Å²) in [5.41, 5.74) is 11.3. The van der Waals surface area contributed by atoms with Crippen LogP contribution in [0.15, 0.2) is 170 Å². The van der Waals surface area contributed by atoms with E-state index in [9.17, 15) is 4.79 Å². The van der Waals surface area contributed by atoms with Crippen molar-refractivity contribution in [2.45, 2.75) is 122 Å². The topological polar surface area (TPSA) is 63.2 Å². The van der Waals surface area contributed by atoms with Gasteiger partial charge in [-0.1, -0.05) is 187 Å². The molecular formula is C71H74O6. The van der Waals surface area contributed by atoms with Gasteiger partial charge >= 0.3 is 5.97 Å². The molecule has 6 heteroatoms. The van der Waals surface area contributed by atoms with E-state index in [0.717, 1.165) is 113 Å². The average molecular weight is 1020 g/mol. The third kappa shape index (κ3) is 13.2. The van der Waals surface area contributed by atoms with Crippen molar-refractivity contribution in [2.75, 3.05) is 19.8 Å².